The second kappa shape index (κ2) is 9.08. The predicted octanol–water partition coefficient (Wildman–Crippen LogP) is 2.41. The van der Waals surface area contributed by atoms with Crippen LogP contribution in [0, 0.1) is 11.3 Å². The second-order valence-electron chi connectivity index (χ2n) is 6.99. The fourth-order valence-corrected chi connectivity index (χ4v) is 3.50. The van der Waals surface area contributed by atoms with Gasteiger partial charge in [-0.25, -0.2) is 0 Å². The maximum Gasteiger partial charge on any atom is 0.266 e. The number of hydrogen-bond donors (Lipinski definition) is 3. The molecule has 2 unspecified atom stereocenters. The molecule has 1 fully saturated rings. The lowest BCUT2D eigenvalue weighted by Gasteiger charge is -2.20. The van der Waals surface area contributed by atoms with Crippen LogP contribution in [0.3, 0.4) is 0 Å². The van der Waals surface area contributed by atoms with Gasteiger partial charge in [-0.15, -0.1) is 0 Å². The van der Waals surface area contributed by atoms with E-state index in [0.717, 1.165) is 5.56 Å². The molecule has 4 rings (SSSR count). The summed E-state index contributed by atoms with van der Waals surface area (Å²) in [5, 5.41) is 14.4. The number of rotatable bonds is 6. The molecule has 0 spiro atoms. The van der Waals surface area contributed by atoms with Crippen molar-refractivity contribution in [1.29, 1.82) is 5.41 Å². The summed E-state index contributed by atoms with van der Waals surface area (Å²) in [6, 6.07) is 15.7. The summed E-state index contributed by atoms with van der Waals surface area (Å²) in [6.45, 7) is -0.240. The highest BCUT2D eigenvalue weighted by molar-refractivity contribution is 6.46. The largest absolute Gasteiger partial charge is 0.343 e. The van der Waals surface area contributed by atoms with Gasteiger partial charge in [-0.1, -0.05) is 36.4 Å². The molecule has 0 radical (unpaired) electrons. The molecule has 0 saturated carbocycles. The summed E-state index contributed by atoms with van der Waals surface area (Å²) in [7, 11) is 0. The summed E-state index contributed by atoms with van der Waals surface area (Å²) in [5.41, 5.74) is 2.41. The molecule has 154 valence electrons. The standard InChI is InChI=1S/C23H20N6O2/c24-20(15-6-2-1-3-7-15)19-21(16-8-4-10-25-12-16)29-23(31)22(19)27-14-18(30)28-17-9-5-11-26-13-17/h1-13,19,21,24H,14H2,(H,28,30)(H,29,31). The smallest absolute Gasteiger partial charge is 0.266 e. The number of aliphatic imine (C=N–C) groups is 1. The van der Waals surface area contributed by atoms with Crippen LogP contribution in [-0.4, -0.2) is 39.8 Å². The predicted molar refractivity (Wildman–Crippen MR) is 117 cm³/mol. The first-order valence-electron chi connectivity index (χ1n) is 9.72. The number of carbonyl (C=O) groups is 2. The highest BCUT2D eigenvalue weighted by atomic mass is 16.2. The Balaban J connectivity index is 1.62. The van der Waals surface area contributed by atoms with E-state index in [0.29, 0.717) is 11.3 Å². The van der Waals surface area contributed by atoms with Crippen LogP contribution in [0.1, 0.15) is 17.2 Å². The normalized spacial score (nSPS) is 19.1. The van der Waals surface area contributed by atoms with E-state index in [1.54, 1.807) is 36.8 Å². The van der Waals surface area contributed by atoms with Crippen LogP contribution in [0.2, 0.25) is 0 Å². The van der Waals surface area contributed by atoms with Gasteiger partial charge < -0.3 is 16.0 Å². The van der Waals surface area contributed by atoms with Gasteiger partial charge in [-0.05, 0) is 29.3 Å². The Bertz CT molecular complexity index is 1120. The average molecular weight is 412 g/mol. The molecule has 0 bridgehead atoms. The van der Waals surface area contributed by atoms with E-state index >= 15 is 0 Å². The van der Waals surface area contributed by atoms with Crippen molar-refractivity contribution in [1.82, 2.24) is 15.3 Å². The minimum absolute atomic E-state index is 0.157. The first kappa shape index (κ1) is 20.1. The van der Waals surface area contributed by atoms with Gasteiger partial charge >= 0.3 is 0 Å². The van der Waals surface area contributed by atoms with Crippen molar-refractivity contribution < 1.29 is 9.59 Å². The van der Waals surface area contributed by atoms with Crippen molar-refractivity contribution in [2.24, 2.45) is 10.9 Å². The van der Waals surface area contributed by atoms with Crippen molar-refractivity contribution >= 4 is 28.9 Å². The van der Waals surface area contributed by atoms with Crippen LogP contribution in [0.5, 0.6) is 0 Å². The number of carbonyl (C=O) groups excluding carboxylic acids is 2. The monoisotopic (exact) mass is 412 g/mol. The van der Waals surface area contributed by atoms with E-state index in [1.807, 2.05) is 36.4 Å². The number of aromatic nitrogens is 2. The van der Waals surface area contributed by atoms with Crippen LogP contribution < -0.4 is 10.6 Å². The molecule has 1 aliphatic rings. The zero-order valence-electron chi connectivity index (χ0n) is 16.5. The van der Waals surface area contributed by atoms with Crippen LogP contribution in [0.15, 0.2) is 84.4 Å². The Labute approximate surface area is 179 Å². The number of pyridine rings is 2. The lowest BCUT2D eigenvalue weighted by atomic mass is 9.86. The van der Waals surface area contributed by atoms with E-state index < -0.39 is 17.9 Å². The fraction of sp³-hybridized carbons (Fsp3) is 0.130. The summed E-state index contributed by atoms with van der Waals surface area (Å²) < 4.78 is 0. The van der Waals surface area contributed by atoms with Gasteiger partial charge in [0, 0.05) is 18.6 Å². The number of benzene rings is 1. The number of amides is 2. The van der Waals surface area contributed by atoms with Gasteiger partial charge in [0.15, 0.2) is 0 Å². The molecule has 3 heterocycles. The zero-order chi connectivity index (χ0) is 21.6. The van der Waals surface area contributed by atoms with Gasteiger partial charge in [0.2, 0.25) is 5.91 Å². The molecule has 8 nitrogen and oxygen atoms in total. The molecule has 1 aromatic carbocycles. The third-order valence-corrected chi connectivity index (χ3v) is 4.92. The minimum Gasteiger partial charge on any atom is -0.343 e. The SMILES string of the molecule is N=C(c1ccccc1)C1C(=NCC(=O)Nc2cccnc2)C(=O)NC1c1cccnc1. The molecular formula is C23H20N6O2. The average Bonchev–Trinajstić information content (AvgIpc) is 3.15. The third kappa shape index (κ3) is 4.53. The first-order chi connectivity index (χ1) is 15.1. The van der Waals surface area contributed by atoms with E-state index in [-0.39, 0.29) is 23.9 Å². The summed E-state index contributed by atoms with van der Waals surface area (Å²) >= 11 is 0. The van der Waals surface area contributed by atoms with E-state index in [9.17, 15) is 9.59 Å². The lowest BCUT2D eigenvalue weighted by Crippen LogP contribution is -2.28. The van der Waals surface area contributed by atoms with Gasteiger partial charge in [-0.2, -0.15) is 0 Å². The highest BCUT2D eigenvalue weighted by Crippen LogP contribution is 2.31. The van der Waals surface area contributed by atoms with Crippen LogP contribution >= 0.6 is 0 Å². The molecule has 0 aliphatic carbocycles. The van der Waals surface area contributed by atoms with Crippen molar-refractivity contribution in [3.05, 3.63) is 90.5 Å². The summed E-state index contributed by atoms with van der Waals surface area (Å²) in [4.78, 5) is 37.5. The maximum absolute atomic E-state index is 12.8. The number of nitrogens with one attached hydrogen (secondary N) is 3. The fourth-order valence-electron chi connectivity index (χ4n) is 3.50. The number of anilines is 1. The molecule has 31 heavy (non-hydrogen) atoms. The summed E-state index contributed by atoms with van der Waals surface area (Å²) in [5.74, 6) is -1.41. The molecule has 3 aromatic rings. The molecule has 1 aliphatic heterocycles. The Morgan fingerprint density at radius 3 is 2.45 bits per heavy atom. The topological polar surface area (TPSA) is 120 Å². The highest BCUT2D eigenvalue weighted by Gasteiger charge is 2.42. The van der Waals surface area contributed by atoms with Crippen LogP contribution in [-0.2, 0) is 9.59 Å². The molecule has 2 atom stereocenters. The molecule has 1 saturated heterocycles. The molecule has 8 heteroatoms. The Kier molecular flexibility index (Phi) is 5.89. The summed E-state index contributed by atoms with van der Waals surface area (Å²) in [6.07, 6.45) is 6.45. The van der Waals surface area contributed by atoms with Crippen molar-refractivity contribution in [2.75, 3.05) is 11.9 Å². The second-order valence-corrected chi connectivity index (χ2v) is 6.99. The Morgan fingerprint density at radius 1 is 1.03 bits per heavy atom. The molecule has 3 N–H and O–H groups in total. The van der Waals surface area contributed by atoms with Crippen molar-refractivity contribution in [2.45, 2.75) is 6.04 Å². The minimum atomic E-state index is -0.648. The van der Waals surface area contributed by atoms with Gasteiger partial charge in [-0.3, -0.25) is 24.5 Å². The van der Waals surface area contributed by atoms with Gasteiger partial charge in [0.05, 0.1) is 29.6 Å². The van der Waals surface area contributed by atoms with E-state index in [2.05, 4.69) is 25.6 Å². The van der Waals surface area contributed by atoms with Gasteiger partial charge in [0.1, 0.15) is 12.3 Å². The lowest BCUT2D eigenvalue weighted by molar-refractivity contribution is -0.115. The quantitative estimate of drug-likeness (QED) is 0.539. The molecule has 2 aromatic heterocycles. The molecular weight excluding hydrogens is 392 g/mol. The first-order valence-corrected chi connectivity index (χ1v) is 9.72. The number of hydrogen-bond acceptors (Lipinski definition) is 6. The Hall–Kier alpha value is -4.20. The number of nitrogens with zero attached hydrogens (tertiary/aromatic N) is 3. The van der Waals surface area contributed by atoms with E-state index in [1.165, 1.54) is 6.20 Å². The van der Waals surface area contributed by atoms with Crippen molar-refractivity contribution in [3.8, 4) is 0 Å². The third-order valence-electron chi connectivity index (χ3n) is 4.92. The van der Waals surface area contributed by atoms with Crippen molar-refractivity contribution in [3.63, 3.8) is 0 Å². The van der Waals surface area contributed by atoms with Crippen LogP contribution in [0.25, 0.3) is 0 Å². The Morgan fingerprint density at radius 2 is 1.77 bits per heavy atom. The molecule has 2 amide bonds. The van der Waals surface area contributed by atoms with Gasteiger partial charge in [0.25, 0.3) is 5.91 Å². The maximum atomic E-state index is 12.8. The van der Waals surface area contributed by atoms with E-state index in [4.69, 9.17) is 5.41 Å². The zero-order valence-corrected chi connectivity index (χ0v) is 16.5. The van der Waals surface area contributed by atoms with Crippen LogP contribution in [0.4, 0.5) is 5.69 Å².